The van der Waals surface area contributed by atoms with E-state index in [4.69, 9.17) is 0 Å². The van der Waals surface area contributed by atoms with Crippen LogP contribution < -0.4 is 14.9 Å². The minimum absolute atomic E-state index is 0.115. The highest BCUT2D eigenvalue weighted by atomic mass is 32.2. The molecule has 0 aromatic heterocycles. The van der Waals surface area contributed by atoms with Gasteiger partial charge in [-0.05, 0) is 43.5 Å². The lowest BCUT2D eigenvalue weighted by Gasteiger charge is -2.17. The number of nitrogens with zero attached hydrogens (tertiary/aromatic N) is 1. The molecule has 3 rings (SSSR count). The van der Waals surface area contributed by atoms with Crippen LogP contribution in [0.3, 0.4) is 0 Å². The third-order valence-electron chi connectivity index (χ3n) is 3.59. The van der Waals surface area contributed by atoms with E-state index >= 15 is 0 Å². The van der Waals surface area contributed by atoms with Gasteiger partial charge in [0.2, 0.25) is 10.0 Å². The highest BCUT2D eigenvalue weighted by Gasteiger charge is 2.36. The Morgan fingerprint density at radius 3 is 2.65 bits per heavy atom. The quantitative estimate of drug-likeness (QED) is 0.882. The number of anilines is 2. The van der Waals surface area contributed by atoms with Crippen LogP contribution in [0.1, 0.15) is 18.4 Å². The van der Waals surface area contributed by atoms with Crippen LogP contribution in [-0.2, 0) is 10.0 Å². The summed E-state index contributed by atoms with van der Waals surface area (Å²) in [4.78, 5) is 13.2. The fourth-order valence-corrected chi connectivity index (χ4v) is 3.72. The Bertz CT molecular complexity index is 653. The van der Waals surface area contributed by atoms with Gasteiger partial charge < -0.3 is 5.32 Å². The van der Waals surface area contributed by atoms with Gasteiger partial charge in [-0.3, -0.25) is 9.62 Å². The number of aryl methyl sites for hydroxylation is 1. The van der Waals surface area contributed by atoms with Gasteiger partial charge in [-0.15, -0.1) is 0 Å². The van der Waals surface area contributed by atoms with E-state index in [1.165, 1.54) is 0 Å². The first-order chi connectivity index (χ1) is 9.47. The van der Waals surface area contributed by atoms with Crippen molar-refractivity contribution in [3.05, 3.63) is 23.8 Å². The molecule has 2 N–H and O–H groups in total. The second-order valence-electron chi connectivity index (χ2n) is 5.23. The third-order valence-corrected chi connectivity index (χ3v) is 5.45. The van der Waals surface area contributed by atoms with Gasteiger partial charge in [0.15, 0.2) is 0 Å². The van der Waals surface area contributed by atoms with Crippen molar-refractivity contribution in [3.63, 3.8) is 0 Å². The first-order valence-corrected chi connectivity index (χ1v) is 8.20. The third kappa shape index (κ3) is 2.45. The van der Waals surface area contributed by atoms with E-state index in [1.807, 2.05) is 13.0 Å². The molecule has 7 heteroatoms. The number of hydrogen-bond acceptors (Lipinski definition) is 3. The minimum Gasteiger partial charge on any atom is -0.336 e. The van der Waals surface area contributed by atoms with E-state index in [0.29, 0.717) is 18.8 Å². The fourth-order valence-electron chi connectivity index (χ4n) is 2.26. The van der Waals surface area contributed by atoms with Crippen LogP contribution >= 0.6 is 0 Å². The summed E-state index contributed by atoms with van der Waals surface area (Å²) in [5, 5.41) is 2.49. The van der Waals surface area contributed by atoms with Crippen LogP contribution in [0.5, 0.6) is 0 Å². The van der Waals surface area contributed by atoms with E-state index in [1.54, 1.807) is 17.0 Å². The van der Waals surface area contributed by atoms with Gasteiger partial charge in [-0.2, -0.15) is 0 Å². The molecule has 0 unspecified atom stereocenters. The van der Waals surface area contributed by atoms with E-state index < -0.39 is 10.0 Å². The molecule has 1 heterocycles. The predicted octanol–water partition coefficient (Wildman–Crippen LogP) is 1.43. The van der Waals surface area contributed by atoms with Crippen LogP contribution in [0.15, 0.2) is 18.2 Å². The zero-order valence-electron chi connectivity index (χ0n) is 11.2. The number of rotatable bonds is 4. The number of benzene rings is 1. The molecule has 0 spiro atoms. The zero-order chi connectivity index (χ0) is 14.3. The number of urea groups is 1. The second kappa shape index (κ2) is 4.66. The topological polar surface area (TPSA) is 78.5 Å². The van der Waals surface area contributed by atoms with Gasteiger partial charge in [-0.1, -0.05) is 0 Å². The van der Waals surface area contributed by atoms with Crippen molar-refractivity contribution in [2.75, 3.05) is 22.7 Å². The van der Waals surface area contributed by atoms with Crippen molar-refractivity contribution in [2.24, 2.45) is 0 Å². The number of carbonyl (C=O) groups excluding carboxylic acids is 1. The molecule has 1 saturated carbocycles. The van der Waals surface area contributed by atoms with E-state index in [0.717, 1.165) is 24.1 Å². The lowest BCUT2D eigenvalue weighted by atomic mass is 10.2. The van der Waals surface area contributed by atoms with Gasteiger partial charge in [-0.25, -0.2) is 13.2 Å². The van der Waals surface area contributed by atoms with Crippen molar-refractivity contribution in [1.29, 1.82) is 0 Å². The molecule has 1 aromatic carbocycles. The molecular formula is C13H17N3O3S. The monoisotopic (exact) mass is 295 g/mol. The number of hydrogen-bond donors (Lipinski definition) is 2. The van der Waals surface area contributed by atoms with Crippen LogP contribution in [0, 0.1) is 6.92 Å². The van der Waals surface area contributed by atoms with E-state index in [9.17, 15) is 13.2 Å². The molecule has 0 radical (unpaired) electrons. The standard InChI is InChI=1S/C13H17N3O3S/c1-9-8-10(16-7-6-14-13(16)17)2-5-12(9)15-20(18,19)11-3-4-11/h2,5,8,11,15H,3-4,6-7H2,1H3,(H,14,17). The van der Waals surface area contributed by atoms with Crippen molar-refractivity contribution < 1.29 is 13.2 Å². The molecular weight excluding hydrogens is 278 g/mol. The molecule has 0 bridgehead atoms. The molecule has 2 fully saturated rings. The highest BCUT2D eigenvalue weighted by molar-refractivity contribution is 7.93. The Hall–Kier alpha value is -1.76. The van der Waals surface area contributed by atoms with E-state index in [-0.39, 0.29) is 11.3 Å². The molecule has 6 nitrogen and oxygen atoms in total. The maximum Gasteiger partial charge on any atom is 0.321 e. The molecule has 2 amide bonds. The first kappa shape index (κ1) is 13.2. The molecule has 20 heavy (non-hydrogen) atoms. The Kier molecular flexibility index (Phi) is 3.08. The van der Waals surface area contributed by atoms with E-state index in [2.05, 4.69) is 10.0 Å². The van der Waals surface area contributed by atoms with Gasteiger partial charge in [0.1, 0.15) is 0 Å². The van der Waals surface area contributed by atoms with Crippen LogP contribution in [0.25, 0.3) is 0 Å². The predicted molar refractivity (Wildman–Crippen MR) is 77.5 cm³/mol. The Labute approximate surface area is 118 Å². The summed E-state index contributed by atoms with van der Waals surface area (Å²) >= 11 is 0. The number of sulfonamides is 1. The average molecular weight is 295 g/mol. The number of nitrogens with one attached hydrogen (secondary N) is 2. The summed E-state index contributed by atoms with van der Waals surface area (Å²) in [6.45, 7) is 3.10. The Balaban J connectivity index is 1.82. The average Bonchev–Trinajstić information content (AvgIpc) is 3.16. The molecule has 0 atom stereocenters. The van der Waals surface area contributed by atoms with Crippen LogP contribution in [0.2, 0.25) is 0 Å². The summed E-state index contributed by atoms with van der Waals surface area (Å²) in [6, 6.07) is 5.20. The van der Waals surface area contributed by atoms with Crippen LogP contribution in [0.4, 0.5) is 16.2 Å². The normalized spacial score (nSPS) is 19.1. The zero-order valence-corrected chi connectivity index (χ0v) is 12.0. The Morgan fingerprint density at radius 1 is 1.35 bits per heavy atom. The molecule has 1 aromatic rings. The van der Waals surface area contributed by atoms with Crippen molar-refractivity contribution in [2.45, 2.75) is 25.0 Å². The van der Waals surface area contributed by atoms with Gasteiger partial charge in [0, 0.05) is 18.8 Å². The SMILES string of the molecule is Cc1cc(N2CCNC2=O)ccc1NS(=O)(=O)C1CC1. The summed E-state index contributed by atoms with van der Waals surface area (Å²) in [5.41, 5.74) is 2.18. The van der Waals surface area contributed by atoms with Gasteiger partial charge >= 0.3 is 6.03 Å². The molecule has 2 aliphatic rings. The fraction of sp³-hybridized carbons (Fsp3) is 0.462. The second-order valence-corrected chi connectivity index (χ2v) is 7.19. The summed E-state index contributed by atoms with van der Waals surface area (Å²) in [5.74, 6) is 0. The summed E-state index contributed by atoms with van der Waals surface area (Å²) < 4.78 is 26.5. The lowest BCUT2D eigenvalue weighted by molar-refractivity contribution is 0.252. The van der Waals surface area contributed by atoms with Crippen molar-refractivity contribution in [1.82, 2.24) is 5.32 Å². The molecule has 1 aliphatic heterocycles. The van der Waals surface area contributed by atoms with Crippen molar-refractivity contribution >= 4 is 27.4 Å². The smallest absolute Gasteiger partial charge is 0.321 e. The number of carbonyl (C=O) groups is 1. The van der Waals surface area contributed by atoms with Gasteiger partial charge in [0.25, 0.3) is 0 Å². The molecule has 1 aliphatic carbocycles. The number of amides is 2. The molecule has 108 valence electrons. The summed E-state index contributed by atoms with van der Waals surface area (Å²) in [6.07, 6.45) is 1.47. The maximum absolute atomic E-state index is 11.9. The lowest BCUT2D eigenvalue weighted by Crippen LogP contribution is -2.27. The maximum atomic E-state index is 11.9. The molecule has 1 saturated heterocycles. The first-order valence-electron chi connectivity index (χ1n) is 6.65. The summed E-state index contributed by atoms with van der Waals surface area (Å²) in [7, 11) is -3.25. The van der Waals surface area contributed by atoms with Crippen LogP contribution in [-0.4, -0.2) is 32.8 Å². The van der Waals surface area contributed by atoms with Gasteiger partial charge in [0.05, 0.1) is 10.9 Å². The van der Waals surface area contributed by atoms with Crippen molar-refractivity contribution in [3.8, 4) is 0 Å². The minimum atomic E-state index is -3.25. The Morgan fingerprint density at radius 2 is 2.10 bits per heavy atom. The highest BCUT2D eigenvalue weighted by Crippen LogP contribution is 2.31. The largest absolute Gasteiger partial charge is 0.336 e.